The van der Waals surface area contributed by atoms with Gasteiger partial charge in [0.2, 0.25) is 5.89 Å². The minimum atomic E-state index is -1.07. The topological polar surface area (TPSA) is 66.6 Å². The number of hydrogen-bond acceptors (Lipinski definition) is 4. The molecule has 0 aliphatic rings. The summed E-state index contributed by atoms with van der Waals surface area (Å²) in [5.74, 6) is -0.658. The first-order valence-electron chi connectivity index (χ1n) is 6.23. The van der Waals surface area contributed by atoms with E-state index >= 15 is 0 Å². The lowest BCUT2D eigenvalue weighted by Crippen LogP contribution is -2.22. The number of oxazole rings is 1. The monoisotopic (exact) mass is 338 g/mol. The molecule has 1 heterocycles. The van der Waals surface area contributed by atoms with Gasteiger partial charge in [0.1, 0.15) is 6.26 Å². The van der Waals surface area contributed by atoms with Crippen LogP contribution in [0.2, 0.25) is 0 Å². The lowest BCUT2D eigenvalue weighted by atomic mass is 10.2. The van der Waals surface area contributed by atoms with Gasteiger partial charge < -0.3 is 9.52 Å². The Morgan fingerprint density at radius 2 is 2.25 bits per heavy atom. The average Bonchev–Trinajstić information content (AvgIpc) is 2.87. The van der Waals surface area contributed by atoms with Crippen LogP contribution in [-0.2, 0) is 13.1 Å². The molecule has 0 saturated heterocycles. The van der Waals surface area contributed by atoms with Crippen LogP contribution in [-0.4, -0.2) is 27.5 Å². The lowest BCUT2D eigenvalue weighted by molar-refractivity contribution is 0.0690. The van der Waals surface area contributed by atoms with Crippen molar-refractivity contribution in [3.05, 3.63) is 52.1 Å². The predicted octanol–water partition coefficient (Wildman–Crippen LogP) is 3.16. The quantitative estimate of drug-likeness (QED) is 0.876. The van der Waals surface area contributed by atoms with E-state index in [1.807, 2.05) is 25.1 Å². The normalized spacial score (nSPS) is 10.9. The molecular formula is C14H15BrN2O3. The van der Waals surface area contributed by atoms with Crippen LogP contribution in [0.25, 0.3) is 0 Å². The largest absolute Gasteiger partial charge is 0.476 e. The molecule has 20 heavy (non-hydrogen) atoms. The standard InChI is InChI=1S/C14H15BrN2O3/c1-2-17(7-10-4-3-5-11(15)6-10)8-13-16-12(9-20-13)14(18)19/h3-6,9H,2,7-8H2,1H3,(H,18,19). The Hall–Kier alpha value is -1.66. The summed E-state index contributed by atoms with van der Waals surface area (Å²) in [6.07, 6.45) is 1.17. The first-order valence-corrected chi connectivity index (χ1v) is 7.02. The van der Waals surface area contributed by atoms with Gasteiger partial charge in [-0.3, -0.25) is 4.90 Å². The van der Waals surface area contributed by atoms with E-state index in [0.717, 1.165) is 17.6 Å². The van der Waals surface area contributed by atoms with Crippen LogP contribution >= 0.6 is 15.9 Å². The van der Waals surface area contributed by atoms with Crippen LogP contribution in [0, 0.1) is 0 Å². The number of hydrogen-bond donors (Lipinski definition) is 1. The van der Waals surface area contributed by atoms with Crippen LogP contribution in [0.4, 0.5) is 0 Å². The number of halogens is 1. The number of aromatic carboxylic acids is 1. The van der Waals surface area contributed by atoms with Gasteiger partial charge in [-0.2, -0.15) is 0 Å². The maximum absolute atomic E-state index is 10.8. The molecule has 0 spiro atoms. The molecule has 6 heteroatoms. The first kappa shape index (κ1) is 14.7. The molecule has 1 aromatic carbocycles. The van der Waals surface area contributed by atoms with Crippen LogP contribution in [0.3, 0.4) is 0 Å². The number of rotatable bonds is 6. The molecule has 0 saturated carbocycles. The molecule has 0 fully saturated rings. The summed E-state index contributed by atoms with van der Waals surface area (Å²) in [6.45, 7) is 4.09. The minimum Gasteiger partial charge on any atom is -0.476 e. The SMILES string of the molecule is CCN(Cc1cccc(Br)c1)Cc1nc(C(=O)O)co1. The average molecular weight is 339 g/mol. The Bertz CT molecular complexity index is 598. The van der Waals surface area contributed by atoms with Crippen LogP contribution in [0.5, 0.6) is 0 Å². The highest BCUT2D eigenvalue weighted by atomic mass is 79.9. The molecule has 0 unspecified atom stereocenters. The van der Waals surface area contributed by atoms with E-state index in [9.17, 15) is 4.79 Å². The zero-order valence-corrected chi connectivity index (χ0v) is 12.6. The van der Waals surface area contributed by atoms with Gasteiger partial charge in [-0.1, -0.05) is 35.0 Å². The molecule has 0 atom stereocenters. The maximum Gasteiger partial charge on any atom is 0.357 e. The molecule has 1 N–H and O–H groups in total. The fraction of sp³-hybridized carbons (Fsp3) is 0.286. The summed E-state index contributed by atoms with van der Waals surface area (Å²) in [7, 11) is 0. The summed E-state index contributed by atoms with van der Waals surface area (Å²) in [5, 5.41) is 8.81. The van der Waals surface area contributed by atoms with Gasteiger partial charge in [0, 0.05) is 11.0 Å². The summed E-state index contributed by atoms with van der Waals surface area (Å²) < 4.78 is 6.21. The second-order valence-electron chi connectivity index (χ2n) is 4.36. The number of benzene rings is 1. The van der Waals surface area contributed by atoms with Gasteiger partial charge in [0.15, 0.2) is 5.69 Å². The van der Waals surface area contributed by atoms with Crippen molar-refractivity contribution in [2.75, 3.05) is 6.54 Å². The number of nitrogens with zero attached hydrogens (tertiary/aromatic N) is 2. The second kappa shape index (κ2) is 6.67. The van der Waals surface area contributed by atoms with Crippen molar-refractivity contribution in [1.29, 1.82) is 0 Å². The Balaban J connectivity index is 2.03. The van der Waals surface area contributed by atoms with Crippen molar-refractivity contribution in [2.45, 2.75) is 20.0 Å². The van der Waals surface area contributed by atoms with Gasteiger partial charge in [-0.15, -0.1) is 0 Å². The van der Waals surface area contributed by atoms with Gasteiger partial charge in [0.25, 0.3) is 0 Å². The van der Waals surface area contributed by atoms with E-state index in [1.165, 1.54) is 11.8 Å². The molecule has 2 aromatic rings. The molecule has 2 rings (SSSR count). The van der Waals surface area contributed by atoms with Crippen molar-refractivity contribution in [2.24, 2.45) is 0 Å². The molecule has 0 bridgehead atoms. The minimum absolute atomic E-state index is 0.0569. The molecule has 0 amide bonds. The van der Waals surface area contributed by atoms with E-state index in [2.05, 4.69) is 31.9 Å². The molecule has 5 nitrogen and oxygen atoms in total. The van der Waals surface area contributed by atoms with E-state index < -0.39 is 5.97 Å². The van der Waals surface area contributed by atoms with Crippen LogP contribution in [0.15, 0.2) is 39.4 Å². The summed E-state index contributed by atoms with van der Waals surface area (Å²) in [4.78, 5) is 16.8. The fourth-order valence-corrected chi connectivity index (χ4v) is 2.29. The third-order valence-electron chi connectivity index (χ3n) is 2.87. The summed E-state index contributed by atoms with van der Waals surface area (Å²) in [5.41, 5.74) is 1.12. The van der Waals surface area contributed by atoms with Crippen molar-refractivity contribution < 1.29 is 14.3 Å². The predicted molar refractivity (Wildman–Crippen MR) is 77.4 cm³/mol. The number of carbonyl (C=O) groups is 1. The Morgan fingerprint density at radius 3 is 2.85 bits per heavy atom. The third kappa shape index (κ3) is 3.91. The zero-order valence-electron chi connectivity index (χ0n) is 11.0. The Labute approximate surface area is 125 Å². The maximum atomic E-state index is 10.8. The van der Waals surface area contributed by atoms with Crippen LogP contribution < -0.4 is 0 Å². The van der Waals surface area contributed by atoms with Crippen LogP contribution in [0.1, 0.15) is 28.9 Å². The molecule has 106 valence electrons. The highest BCUT2D eigenvalue weighted by Crippen LogP contribution is 2.15. The summed E-state index contributed by atoms with van der Waals surface area (Å²) in [6, 6.07) is 8.07. The fourth-order valence-electron chi connectivity index (χ4n) is 1.85. The van der Waals surface area contributed by atoms with Crippen molar-refractivity contribution in [3.8, 4) is 0 Å². The zero-order chi connectivity index (χ0) is 14.5. The van der Waals surface area contributed by atoms with Crippen molar-refractivity contribution in [1.82, 2.24) is 9.88 Å². The highest BCUT2D eigenvalue weighted by molar-refractivity contribution is 9.10. The molecular weight excluding hydrogens is 324 g/mol. The van der Waals surface area contributed by atoms with Gasteiger partial charge in [-0.05, 0) is 24.2 Å². The van der Waals surface area contributed by atoms with Gasteiger partial charge >= 0.3 is 5.97 Å². The van der Waals surface area contributed by atoms with Gasteiger partial charge in [-0.25, -0.2) is 9.78 Å². The van der Waals surface area contributed by atoms with Crippen molar-refractivity contribution in [3.63, 3.8) is 0 Å². The summed E-state index contributed by atoms with van der Waals surface area (Å²) >= 11 is 3.45. The van der Waals surface area contributed by atoms with Gasteiger partial charge in [0.05, 0.1) is 6.54 Å². The molecule has 0 aliphatic carbocycles. The molecule has 0 radical (unpaired) electrons. The van der Waals surface area contributed by atoms with Crippen molar-refractivity contribution >= 4 is 21.9 Å². The first-order chi connectivity index (χ1) is 9.58. The number of carboxylic acid groups (broad SMARTS) is 1. The van der Waals surface area contributed by atoms with E-state index in [4.69, 9.17) is 9.52 Å². The highest BCUT2D eigenvalue weighted by Gasteiger charge is 2.13. The third-order valence-corrected chi connectivity index (χ3v) is 3.37. The molecule has 0 aliphatic heterocycles. The number of aromatic nitrogens is 1. The van der Waals surface area contributed by atoms with E-state index in [1.54, 1.807) is 0 Å². The second-order valence-corrected chi connectivity index (χ2v) is 5.28. The Morgan fingerprint density at radius 1 is 1.45 bits per heavy atom. The van der Waals surface area contributed by atoms with E-state index in [0.29, 0.717) is 12.4 Å². The smallest absolute Gasteiger partial charge is 0.357 e. The number of carboxylic acids is 1. The molecule has 1 aromatic heterocycles. The van der Waals surface area contributed by atoms with E-state index in [-0.39, 0.29) is 5.69 Å². The lowest BCUT2D eigenvalue weighted by Gasteiger charge is -2.18. The Kier molecular flexibility index (Phi) is 4.92.